The molecule has 10 nitrogen and oxygen atoms in total. The van der Waals surface area contributed by atoms with E-state index in [1.807, 2.05) is 37.3 Å². The Kier molecular flexibility index (Phi) is 8.99. The van der Waals surface area contributed by atoms with Gasteiger partial charge in [0, 0.05) is 12.2 Å². The van der Waals surface area contributed by atoms with E-state index >= 15 is 0 Å². The number of aryl methyl sites for hydroxylation is 1. The molecule has 3 N–H and O–H groups in total. The van der Waals surface area contributed by atoms with Gasteiger partial charge in [0.2, 0.25) is 11.9 Å². The minimum absolute atomic E-state index is 0.0579. The quantitative estimate of drug-likeness (QED) is 0.197. The normalized spacial score (nSPS) is 15.0. The molecule has 1 aromatic heterocycles. The van der Waals surface area contributed by atoms with Crippen molar-refractivity contribution in [3.05, 3.63) is 89.7 Å². The molecular formula is C30H30F3N7O3S. The maximum Gasteiger partial charge on any atom is 0.573 e. The van der Waals surface area contributed by atoms with Gasteiger partial charge in [-0.2, -0.15) is 0 Å². The van der Waals surface area contributed by atoms with Crippen molar-refractivity contribution >= 4 is 41.0 Å². The maximum atomic E-state index is 12.9. The Bertz CT molecular complexity index is 1630. The first-order chi connectivity index (χ1) is 20.9. The Balaban J connectivity index is 1.14. The molecule has 1 saturated heterocycles. The van der Waals surface area contributed by atoms with Crippen molar-refractivity contribution in [1.82, 2.24) is 20.1 Å². The number of amides is 3. The van der Waals surface area contributed by atoms with E-state index < -0.39 is 17.9 Å². The van der Waals surface area contributed by atoms with E-state index in [1.54, 1.807) is 17.0 Å². The van der Waals surface area contributed by atoms with Crippen LogP contribution in [0.1, 0.15) is 36.5 Å². The lowest BCUT2D eigenvalue weighted by Crippen LogP contribution is -2.46. The van der Waals surface area contributed by atoms with Crippen LogP contribution < -0.4 is 25.6 Å². The molecule has 14 heteroatoms. The van der Waals surface area contributed by atoms with Crippen LogP contribution in [0.25, 0.3) is 5.69 Å². The number of nitrogens with one attached hydrogen (secondary N) is 3. The minimum Gasteiger partial charge on any atom is -0.406 e. The SMILES string of the molecule is Cc1ccc(C(C)C)c(N2C(=O)CSC2NC(=O)Nc2ccc(CNc3ncn(-c4ccc(OC(F)(F)F)cc4)n3)cc2)c1. The van der Waals surface area contributed by atoms with Gasteiger partial charge in [0.05, 0.1) is 17.1 Å². The number of hydrogen-bond donors (Lipinski definition) is 3. The predicted octanol–water partition coefficient (Wildman–Crippen LogP) is 6.39. The third-order valence-electron chi connectivity index (χ3n) is 6.68. The fourth-order valence-corrected chi connectivity index (χ4v) is 5.59. The van der Waals surface area contributed by atoms with Gasteiger partial charge in [-0.05, 0) is 72.0 Å². The van der Waals surface area contributed by atoms with E-state index in [2.05, 4.69) is 44.6 Å². The summed E-state index contributed by atoms with van der Waals surface area (Å²) in [5.41, 5.74) is 4.32. The van der Waals surface area contributed by atoms with Crippen LogP contribution in [0, 0.1) is 6.92 Å². The molecule has 1 atom stereocenters. The second-order valence-corrected chi connectivity index (χ2v) is 11.4. The Hall–Kier alpha value is -4.72. The lowest BCUT2D eigenvalue weighted by atomic mass is 9.98. The number of carbonyl (C=O) groups is 2. The van der Waals surface area contributed by atoms with Crippen molar-refractivity contribution in [2.45, 2.75) is 45.1 Å². The van der Waals surface area contributed by atoms with E-state index in [-0.39, 0.29) is 23.3 Å². The van der Waals surface area contributed by atoms with Gasteiger partial charge in [-0.25, -0.2) is 14.5 Å². The molecule has 0 spiro atoms. The number of benzene rings is 3. The van der Waals surface area contributed by atoms with Crippen LogP contribution in [-0.4, -0.2) is 44.3 Å². The Morgan fingerprint density at radius 3 is 2.50 bits per heavy atom. The summed E-state index contributed by atoms with van der Waals surface area (Å²) < 4.78 is 42.4. The lowest BCUT2D eigenvalue weighted by Gasteiger charge is -2.28. The van der Waals surface area contributed by atoms with Gasteiger partial charge in [-0.1, -0.05) is 38.1 Å². The summed E-state index contributed by atoms with van der Waals surface area (Å²) in [7, 11) is 0. The van der Waals surface area contributed by atoms with Crippen molar-refractivity contribution in [3.63, 3.8) is 0 Å². The van der Waals surface area contributed by atoms with E-state index in [0.29, 0.717) is 23.9 Å². The van der Waals surface area contributed by atoms with Gasteiger partial charge in [-0.3, -0.25) is 9.69 Å². The van der Waals surface area contributed by atoms with Crippen LogP contribution in [0.15, 0.2) is 73.1 Å². The summed E-state index contributed by atoms with van der Waals surface area (Å²) in [6.07, 6.45) is -3.32. The first-order valence-electron chi connectivity index (χ1n) is 13.7. The molecule has 230 valence electrons. The van der Waals surface area contributed by atoms with Crippen molar-refractivity contribution in [1.29, 1.82) is 0 Å². The van der Waals surface area contributed by atoms with Gasteiger partial charge < -0.3 is 20.7 Å². The second-order valence-electron chi connectivity index (χ2n) is 10.3. The monoisotopic (exact) mass is 625 g/mol. The summed E-state index contributed by atoms with van der Waals surface area (Å²) in [4.78, 5) is 31.5. The number of halogens is 3. The summed E-state index contributed by atoms with van der Waals surface area (Å²) in [6.45, 7) is 6.51. The molecule has 1 aliphatic rings. The molecule has 3 amide bonds. The molecule has 3 aromatic carbocycles. The number of nitrogens with zero attached hydrogens (tertiary/aromatic N) is 4. The zero-order chi connectivity index (χ0) is 31.4. The highest BCUT2D eigenvalue weighted by Crippen LogP contribution is 2.35. The smallest absolute Gasteiger partial charge is 0.406 e. The van der Waals surface area contributed by atoms with Crippen molar-refractivity contribution in [3.8, 4) is 11.4 Å². The van der Waals surface area contributed by atoms with Gasteiger partial charge >= 0.3 is 12.4 Å². The summed E-state index contributed by atoms with van der Waals surface area (Å²) in [6, 6.07) is 18.1. The summed E-state index contributed by atoms with van der Waals surface area (Å²) in [5.74, 6) is 0.420. The molecule has 0 radical (unpaired) electrons. The number of ether oxygens (including phenoxy) is 1. The maximum absolute atomic E-state index is 12.9. The molecule has 1 aliphatic heterocycles. The van der Waals surface area contributed by atoms with Crippen LogP contribution in [0.4, 0.5) is 35.3 Å². The summed E-state index contributed by atoms with van der Waals surface area (Å²) >= 11 is 1.36. The second kappa shape index (κ2) is 12.9. The standard InChI is InChI=1S/C30H30F3N7O3S/c1-18(2)24-13-4-19(3)14-25(24)40-26(41)16-44-29(40)37-28(42)36-21-7-5-20(6-8-21)15-34-27-35-17-39(38-27)22-9-11-23(12-10-22)43-30(31,32)33/h4-14,17-18,29H,15-16H2,1-3H3,(H,34,38)(H2,36,37,42). The molecule has 1 unspecified atom stereocenters. The molecule has 0 aliphatic carbocycles. The van der Waals surface area contributed by atoms with Crippen LogP contribution in [0.5, 0.6) is 5.75 Å². The van der Waals surface area contributed by atoms with E-state index in [0.717, 1.165) is 22.4 Å². The van der Waals surface area contributed by atoms with Crippen LogP contribution >= 0.6 is 11.8 Å². The fourth-order valence-electron chi connectivity index (χ4n) is 4.58. The van der Waals surface area contributed by atoms with Gasteiger partial charge in [0.25, 0.3) is 0 Å². The number of anilines is 3. The lowest BCUT2D eigenvalue weighted by molar-refractivity contribution is -0.274. The highest BCUT2D eigenvalue weighted by Gasteiger charge is 2.35. The van der Waals surface area contributed by atoms with Gasteiger partial charge in [-0.15, -0.1) is 30.0 Å². The molecule has 0 bridgehead atoms. The molecule has 4 aromatic rings. The van der Waals surface area contributed by atoms with Crippen molar-refractivity contribution in [2.24, 2.45) is 0 Å². The topological polar surface area (TPSA) is 113 Å². The number of rotatable bonds is 9. The van der Waals surface area contributed by atoms with Crippen LogP contribution in [0.3, 0.4) is 0 Å². The molecule has 44 heavy (non-hydrogen) atoms. The molecular weight excluding hydrogens is 595 g/mol. The summed E-state index contributed by atoms with van der Waals surface area (Å²) in [5, 5.41) is 13.1. The average Bonchev–Trinajstić information content (AvgIpc) is 3.58. The number of thioether (sulfide) groups is 1. The average molecular weight is 626 g/mol. The van der Waals surface area contributed by atoms with E-state index in [4.69, 9.17) is 0 Å². The predicted molar refractivity (Wildman–Crippen MR) is 163 cm³/mol. The Morgan fingerprint density at radius 2 is 1.82 bits per heavy atom. The zero-order valence-electron chi connectivity index (χ0n) is 24.1. The van der Waals surface area contributed by atoms with E-state index in [9.17, 15) is 22.8 Å². The largest absolute Gasteiger partial charge is 0.573 e. The molecule has 0 saturated carbocycles. The minimum atomic E-state index is -4.76. The molecule has 1 fully saturated rings. The highest BCUT2D eigenvalue weighted by atomic mass is 32.2. The third kappa shape index (κ3) is 7.61. The Labute approximate surface area is 256 Å². The number of alkyl halides is 3. The Morgan fingerprint density at radius 1 is 1.09 bits per heavy atom. The van der Waals surface area contributed by atoms with Crippen LogP contribution in [-0.2, 0) is 11.3 Å². The first-order valence-corrected chi connectivity index (χ1v) is 14.7. The van der Waals surface area contributed by atoms with Gasteiger partial charge in [0.1, 0.15) is 12.1 Å². The molecule has 5 rings (SSSR count). The first kappa shape index (κ1) is 30.7. The zero-order valence-corrected chi connectivity index (χ0v) is 24.9. The highest BCUT2D eigenvalue weighted by molar-refractivity contribution is 8.01. The number of carbonyl (C=O) groups excluding carboxylic acids is 2. The van der Waals surface area contributed by atoms with Gasteiger partial charge in [0.15, 0.2) is 5.50 Å². The van der Waals surface area contributed by atoms with Crippen molar-refractivity contribution in [2.75, 3.05) is 21.3 Å². The van der Waals surface area contributed by atoms with E-state index in [1.165, 1.54) is 47.0 Å². The fraction of sp³-hybridized carbons (Fsp3) is 0.267. The van der Waals surface area contributed by atoms with Crippen LogP contribution in [0.2, 0.25) is 0 Å². The number of aromatic nitrogens is 3. The molecule has 2 heterocycles. The third-order valence-corrected chi connectivity index (χ3v) is 7.74. The van der Waals surface area contributed by atoms with Crippen molar-refractivity contribution < 1.29 is 27.5 Å². The number of hydrogen-bond acceptors (Lipinski definition) is 7. The number of urea groups is 1.